The Morgan fingerprint density at radius 1 is 1.33 bits per heavy atom. The second-order valence-electron chi connectivity index (χ2n) is 3.51. The van der Waals surface area contributed by atoms with Crippen molar-refractivity contribution in [3.63, 3.8) is 0 Å². The highest BCUT2D eigenvalue weighted by atomic mass is 16.5. The number of carbonyl (C=O) groups excluding carboxylic acids is 2. The Hall–Kier alpha value is -2.44. The minimum absolute atomic E-state index is 0.344. The lowest BCUT2D eigenvalue weighted by Crippen LogP contribution is -2.33. The number of urea groups is 1. The van der Waals surface area contributed by atoms with Crippen LogP contribution in [0.2, 0.25) is 0 Å². The molecule has 7 heteroatoms. The summed E-state index contributed by atoms with van der Waals surface area (Å²) in [4.78, 5) is 22.0. The number of nitrogens with two attached hydrogens (primary N) is 2. The molecule has 0 atom stereocenters. The van der Waals surface area contributed by atoms with E-state index in [1.807, 2.05) is 0 Å². The average molecular weight is 252 g/mol. The SMILES string of the molecule is COC(=O)c1cc(N)ccc1NCCNC(N)=O. The zero-order valence-electron chi connectivity index (χ0n) is 10.0. The van der Waals surface area contributed by atoms with Crippen LogP contribution in [-0.2, 0) is 4.74 Å². The van der Waals surface area contributed by atoms with Gasteiger partial charge in [0.25, 0.3) is 0 Å². The van der Waals surface area contributed by atoms with Crippen molar-refractivity contribution in [2.45, 2.75) is 0 Å². The number of ether oxygens (including phenoxy) is 1. The number of carbonyl (C=O) groups is 2. The van der Waals surface area contributed by atoms with E-state index in [9.17, 15) is 9.59 Å². The molecule has 0 aromatic heterocycles. The number of primary amides is 1. The molecule has 0 aliphatic rings. The predicted octanol–water partition coefficient (Wildman–Crippen LogP) is 0.136. The maximum atomic E-state index is 11.5. The number of rotatable bonds is 5. The summed E-state index contributed by atoms with van der Waals surface area (Å²) in [6.45, 7) is 0.775. The number of amides is 2. The first kappa shape index (κ1) is 13.6. The van der Waals surface area contributed by atoms with Crippen LogP contribution < -0.4 is 22.1 Å². The standard InChI is InChI=1S/C11H16N4O3/c1-18-10(16)8-6-7(12)2-3-9(8)14-4-5-15-11(13)17/h2-3,6,14H,4-5,12H2,1H3,(H3,13,15,17). The first-order valence-electron chi connectivity index (χ1n) is 5.29. The van der Waals surface area contributed by atoms with Crippen molar-refractivity contribution in [3.05, 3.63) is 23.8 Å². The van der Waals surface area contributed by atoms with Crippen LogP contribution in [0.15, 0.2) is 18.2 Å². The first-order valence-corrected chi connectivity index (χ1v) is 5.29. The van der Waals surface area contributed by atoms with Crippen LogP contribution in [0.5, 0.6) is 0 Å². The van der Waals surface area contributed by atoms with Crippen LogP contribution in [0.3, 0.4) is 0 Å². The summed E-state index contributed by atoms with van der Waals surface area (Å²) in [5.41, 5.74) is 11.9. The maximum Gasteiger partial charge on any atom is 0.340 e. The third kappa shape index (κ3) is 3.85. The molecule has 1 rings (SSSR count). The molecule has 18 heavy (non-hydrogen) atoms. The highest BCUT2D eigenvalue weighted by Crippen LogP contribution is 2.19. The molecule has 0 bridgehead atoms. The van der Waals surface area contributed by atoms with E-state index in [-0.39, 0.29) is 0 Å². The van der Waals surface area contributed by atoms with E-state index in [0.717, 1.165) is 0 Å². The van der Waals surface area contributed by atoms with Crippen LogP contribution in [-0.4, -0.2) is 32.2 Å². The van der Waals surface area contributed by atoms with Gasteiger partial charge in [0.2, 0.25) is 0 Å². The minimum Gasteiger partial charge on any atom is -0.465 e. The number of nitrogen functional groups attached to an aromatic ring is 1. The molecule has 0 aliphatic carbocycles. The fourth-order valence-corrected chi connectivity index (χ4v) is 1.38. The normalized spacial score (nSPS) is 9.61. The summed E-state index contributed by atoms with van der Waals surface area (Å²) in [6.07, 6.45) is 0. The van der Waals surface area contributed by atoms with E-state index >= 15 is 0 Å². The van der Waals surface area contributed by atoms with E-state index in [1.54, 1.807) is 12.1 Å². The molecule has 0 heterocycles. The number of benzene rings is 1. The van der Waals surface area contributed by atoms with Gasteiger partial charge in [-0.1, -0.05) is 0 Å². The largest absolute Gasteiger partial charge is 0.465 e. The smallest absolute Gasteiger partial charge is 0.340 e. The van der Waals surface area contributed by atoms with E-state index < -0.39 is 12.0 Å². The number of anilines is 2. The van der Waals surface area contributed by atoms with Gasteiger partial charge in [-0.2, -0.15) is 0 Å². The topological polar surface area (TPSA) is 119 Å². The lowest BCUT2D eigenvalue weighted by Gasteiger charge is -2.11. The fourth-order valence-electron chi connectivity index (χ4n) is 1.38. The van der Waals surface area contributed by atoms with Gasteiger partial charge in [-0.15, -0.1) is 0 Å². The van der Waals surface area contributed by atoms with Crippen molar-refractivity contribution in [2.24, 2.45) is 5.73 Å². The van der Waals surface area contributed by atoms with Crippen LogP contribution in [0.4, 0.5) is 16.2 Å². The molecule has 0 saturated carbocycles. The molecular weight excluding hydrogens is 236 g/mol. The quantitative estimate of drug-likeness (QED) is 0.337. The summed E-state index contributed by atoms with van der Waals surface area (Å²) >= 11 is 0. The van der Waals surface area contributed by atoms with Gasteiger partial charge in [-0.3, -0.25) is 0 Å². The molecule has 0 spiro atoms. The molecule has 1 aromatic carbocycles. The summed E-state index contributed by atoms with van der Waals surface area (Å²) in [5, 5.41) is 5.41. The Kier molecular flexibility index (Phi) is 4.79. The van der Waals surface area contributed by atoms with Crippen LogP contribution in [0.25, 0.3) is 0 Å². The highest BCUT2D eigenvalue weighted by molar-refractivity contribution is 5.96. The van der Waals surface area contributed by atoms with E-state index in [2.05, 4.69) is 15.4 Å². The van der Waals surface area contributed by atoms with Crippen molar-refractivity contribution in [3.8, 4) is 0 Å². The van der Waals surface area contributed by atoms with Gasteiger partial charge >= 0.3 is 12.0 Å². The van der Waals surface area contributed by atoms with Crippen LogP contribution in [0, 0.1) is 0 Å². The lowest BCUT2D eigenvalue weighted by atomic mass is 10.1. The van der Waals surface area contributed by atoms with Gasteiger partial charge in [-0.05, 0) is 18.2 Å². The van der Waals surface area contributed by atoms with Crippen molar-refractivity contribution >= 4 is 23.4 Å². The third-order valence-corrected chi connectivity index (χ3v) is 2.19. The first-order chi connectivity index (χ1) is 8.54. The van der Waals surface area contributed by atoms with Gasteiger partial charge in [0.1, 0.15) is 0 Å². The predicted molar refractivity (Wildman–Crippen MR) is 68.3 cm³/mol. The van der Waals surface area contributed by atoms with Crippen molar-refractivity contribution in [2.75, 3.05) is 31.2 Å². The van der Waals surface area contributed by atoms with Crippen molar-refractivity contribution in [1.82, 2.24) is 5.32 Å². The summed E-state index contributed by atoms with van der Waals surface area (Å²) < 4.78 is 4.65. The molecule has 6 N–H and O–H groups in total. The molecule has 0 saturated heterocycles. The molecule has 0 unspecified atom stereocenters. The molecule has 0 radical (unpaired) electrons. The van der Waals surface area contributed by atoms with Gasteiger partial charge in [-0.25, -0.2) is 9.59 Å². The second kappa shape index (κ2) is 6.33. The molecule has 1 aromatic rings. The summed E-state index contributed by atoms with van der Waals surface area (Å²) in [6, 6.07) is 4.26. The monoisotopic (exact) mass is 252 g/mol. The summed E-state index contributed by atoms with van der Waals surface area (Å²) in [7, 11) is 1.30. The maximum absolute atomic E-state index is 11.5. The molecule has 98 valence electrons. The van der Waals surface area contributed by atoms with Gasteiger partial charge in [0.15, 0.2) is 0 Å². The van der Waals surface area contributed by atoms with Gasteiger partial charge in [0, 0.05) is 24.5 Å². The Morgan fingerprint density at radius 3 is 2.67 bits per heavy atom. The number of esters is 1. The van der Waals surface area contributed by atoms with Gasteiger partial charge < -0.3 is 26.8 Å². The zero-order valence-corrected chi connectivity index (χ0v) is 10.0. The molecule has 2 amide bonds. The molecule has 0 aliphatic heterocycles. The van der Waals surface area contributed by atoms with E-state index in [0.29, 0.717) is 30.0 Å². The lowest BCUT2D eigenvalue weighted by molar-refractivity contribution is 0.0602. The number of nitrogens with one attached hydrogen (secondary N) is 2. The Labute approximate surface area is 104 Å². The fraction of sp³-hybridized carbons (Fsp3) is 0.273. The van der Waals surface area contributed by atoms with Crippen LogP contribution >= 0.6 is 0 Å². The minimum atomic E-state index is -0.595. The zero-order chi connectivity index (χ0) is 13.5. The summed E-state index contributed by atoms with van der Waals surface area (Å²) in [5.74, 6) is -0.479. The van der Waals surface area contributed by atoms with Crippen molar-refractivity contribution in [1.29, 1.82) is 0 Å². The molecule has 7 nitrogen and oxygen atoms in total. The molecular formula is C11H16N4O3. The molecule has 0 fully saturated rings. The Balaban J connectivity index is 2.69. The third-order valence-electron chi connectivity index (χ3n) is 2.19. The number of methoxy groups -OCH3 is 1. The van der Waals surface area contributed by atoms with E-state index in [1.165, 1.54) is 13.2 Å². The second-order valence-corrected chi connectivity index (χ2v) is 3.51. The van der Waals surface area contributed by atoms with Gasteiger partial charge in [0.05, 0.1) is 12.7 Å². The highest BCUT2D eigenvalue weighted by Gasteiger charge is 2.11. The Bertz CT molecular complexity index is 448. The van der Waals surface area contributed by atoms with E-state index in [4.69, 9.17) is 11.5 Å². The Morgan fingerprint density at radius 2 is 2.06 bits per heavy atom. The van der Waals surface area contributed by atoms with Crippen molar-refractivity contribution < 1.29 is 14.3 Å². The number of hydrogen-bond donors (Lipinski definition) is 4. The van der Waals surface area contributed by atoms with Crippen LogP contribution in [0.1, 0.15) is 10.4 Å². The number of hydrogen-bond acceptors (Lipinski definition) is 5. The average Bonchev–Trinajstić information content (AvgIpc) is 2.34.